The maximum Gasteiger partial charge on any atom is 0.244 e. The molecule has 1 unspecified atom stereocenters. The summed E-state index contributed by atoms with van der Waals surface area (Å²) in [6, 6.07) is 5.35. The number of benzene rings is 1. The highest BCUT2D eigenvalue weighted by Gasteiger charge is 2.26. The van der Waals surface area contributed by atoms with Crippen LogP contribution in [-0.4, -0.2) is 32.9 Å². The summed E-state index contributed by atoms with van der Waals surface area (Å²) in [5.41, 5.74) is 1.04. The van der Waals surface area contributed by atoms with Gasteiger partial charge in [0.25, 0.3) is 0 Å². The second-order valence-electron chi connectivity index (χ2n) is 4.95. The van der Waals surface area contributed by atoms with E-state index < -0.39 is 10.0 Å². The fraction of sp³-hybridized carbons (Fsp3) is 0.571. The molecular weight excluding hydrogens is 340 g/mol. The molecule has 20 heavy (non-hydrogen) atoms. The zero-order valence-corrected chi connectivity index (χ0v) is 14.9. The lowest BCUT2D eigenvalue weighted by atomic mass is 10.2. The molecule has 0 radical (unpaired) electrons. The molecule has 1 N–H and O–H groups in total. The molecule has 0 aliphatic carbocycles. The summed E-state index contributed by atoms with van der Waals surface area (Å²) in [5.74, 6) is 0. The van der Waals surface area contributed by atoms with Gasteiger partial charge in [-0.15, -0.1) is 0 Å². The van der Waals surface area contributed by atoms with Crippen molar-refractivity contribution in [3.05, 3.63) is 28.2 Å². The number of hydrogen-bond donors (Lipinski definition) is 1. The molecule has 0 saturated heterocycles. The summed E-state index contributed by atoms with van der Waals surface area (Å²) in [7, 11) is 0.0456. The molecule has 6 heteroatoms. The lowest BCUT2D eigenvalue weighted by Crippen LogP contribution is -2.35. The van der Waals surface area contributed by atoms with E-state index in [0.717, 1.165) is 18.4 Å². The van der Waals surface area contributed by atoms with Crippen molar-refractivity contribution in [2.75, 3.05) is 14.1 Å². The van der Waals surface area contributed by atoms with E-state index in [1.54, 1.807) is 13.1 Å². The molecule has 1 atom stereocenters. The van der Waals surface area contributed by atoms with E-state index in [-0.39, 0.29) is 6.04 Å². The van der Waals surface area contributed by atoms with Crippen LogP contribution in [0.25, 0.3) is 0 Å². The summed E-state index contributed by atoms with van der Waals surface area (Å²) in [6.45, 7) is 4.70. The first-order valence-corrected chi connectivity index (χ1v) is 8.99. The number of rotatable bonds is 7. The van der Waals surface area contributed by atoms with Gasteiger partial charge >= 0.3 is 0 Å². The van der Waals surface area contributed by atoms with Crippen molar-refractivity contribution in [1.82, 2.24) is 9.62 Å². The van der Waals surface area contributed by atoms with Gasteiger partial charge < -0.3 is 5.32 Å². The Hall–Kier alpha value is -0.430. The molecule has 0 heterocycles. The third-order valence-electron chi connectivity index (χ3n) is 3.36. The van der Waals surface area contributed by atoms with Crippen molar-refractivity contribution in [2.24, 2.45) is 0 Å². The van der Waals surface area contributed by atoms with Gasteiger partial charge in [0.15, 0.2) is 0 Å². The van der Waals surface area contributed by atoms with Crippen molar-refractivity contribution in [1.29, 1.82) is 0 Å². The maximum atomic E-state index is 12.6. The van der Waals surface area contributed by atoms with Gasteiger partial charge in [-0.1, -0.05) is 19.4 Å². The number of hydrogen-bond acceptors (Lipinski definition) is 3. The zero-order valence-electron chi connectivity index (χ0n) is 12.5. The second kappa shape index (κ2) is 7.54. The highest BCUT2D eigenvalue weighted by molar-refractivity contribution is 9.10. The SMILES string of the molecule is CCCC(C)N(C)S(=O)(=O)c1ccc(CNC)cc1Br. The highest BCUT2D eigenvalue weighted by atomic mass is 79.9. The Labute approximate surface area is 130 Å². The van der Waals surface area contributed by atoms with Gasteiger partial charge in [-0.3, -0.25) is 0 Å². The minimum atomic E-state index is -3.46. The Balaban J connectivity index is 3.09. The Bertz CT molecular complexity index is 546. The third-order valence-corrected chi connectivity index (χ3v) is 6.31. The smallest absolute Gasteiger partial charge is 0.244 e. The van der Waals surface area contributed by atoms with E-state index in [2.05, 4.69) is 28.2 Å². The first-order valence-electron chi connectivity index (χ1n) is 6.75. The predicted octanol–water partition coefficient (Wildman–Crippen LogP) is 2.98. The van der Waals surface area contributed by atoms with Crippen LogP contribution in [0.5, 0.6) is 0 Å². The first kappa shape index (κ1) is 17.6. The average Bonchev–Trinajstić information content (AvgIpc) is 2.38. The van der Waals surface area contributed by atoms with E-state index in [1.165, 1.54) is 4.31 Å². The summed E-state index contributed by atoms with van der Waals surface area (Å²) in [4.78, 5) is 0.322. The Morgan fingerprint density at radius 2 is 2.05 bits per heavy atom. The van der Waals surface area contributed by atoms with Crippen LogP contribution >= 0.6 is 15.9 Å². The van der Waals surface area contributed by atoms with Crippen molar-refractivity contribution in [3.8, 4) is 0 Å². The van der Waals surface area contributed by atoms with Crippen molar-refractivity contribution < 1.29 is 8.42 Å². The van der Waals surface area contributed by atoms with Gasteiger partial charge in [0, 0.05) is 24.1 Å². The summed E-state index contributed by atoms with van der Waals surface area (Å²) >= 11 is 3.38. The minimum absolute atomic E-state index is 0.00566. The molecule has 0 bridgehead atoms. The van der Waals surface area contributed by atoms with Gasteiger partial charge in [0.2, 0.25) is 10.0 Å². The van der Waals surface area contributed by atoms with Gasteiger partial charge in [0.1, 0.15) is 0 Å². The molecule has 4 nitrogen and oxygen atoms in total. The normalized spacial score (nSPS) is 13.7. The van der Waals surface area contributed by atoms with E-state index in [4.69, 9.17) is 0 Å². The lowest BCUT2D eigenvalue weighted by molar-refractivity contribution is 0.368. The van der Waals surface area contributed by atoms with Crippen molar-refractivity contribution in [2.45, 2.75) is 44.2 Å². The van der Waals surface area contributed by atoms with Crippen molar-refractivity contribution in [3.63, 3.8) is 0 Å². The van der Waals surface area contributed by atoms with E-state index >= 15 is 0 Å². The van der Waals surface area contributed by atoms with E-state index in [9.17, 15) is 8.42 Å². The Morgan fingerprint density at radius 3 is 2.55 bits per heavy atom. The molecule has 1 aromatic rings. The average molecular weight is 363 g/mol. The van der Waals surface area contributed by atoms with Crippen LogP contribution in [-0.2, 0) is 16.6 Å². The molecule has 0 saturated carbocycles. The van der Waals surface area contributed by atoms with Gasteiger partial charge in [-0.25, -0.2) is 8.42 Å². The van der Waals surface area contributed by atoms with E-state index in [0.29, 0.717) is 15.9 Å². The number of sulfonamides is 1. The van der Waals surface area contributed by atoms with Crippen LogP contribution in [0.2, 0.25) is 0 Å². The van der Waals surface area contributed by atoms with E-state index in [1.807, 2.05) is 26.1 Å². The fourth-order valence-corrected chi connectivity index (χ4v) is 4.53. The van der Waals surface area contributed by atoms with Crippen LogP contribution < -0.4 is 5.32 Å². The molecule has 0 aliphatic heterocycles. The van der Waals surface area contributed by atoms with Crippen LogP contribution in [0, 0.1) is 0 Å². The zero-order chi connectivity index (χ0) is 15.3. The highest BCUT2D eigenvalue weighted by Crippen LogP contribution is 2.27. The van der Waals surface area contributed by atoms with Crippen LogP contribution in [0.3, 0.4) is 0 Å². The standard InChI is InChI=1S/C14H23BrN2O2S/c1-5-6-11(2)17(4)20(18,19)14-8-7-12(10-16-3)9-13(14)15/h7-9,11,16H,5-6,10H2,1-4H3. The fourth-order valence-electron chi connectivity index (χ4n) is 2.06. The third kappa shape index (κ3) is 4.04. The van der Waals surface area contributed by atoms with Crippen molar-refractivity contribution >= 4 is 26.0 Å². The van der Waals surface area contributed by atoms with Gasteiger partial charge in [-0.05, 0) is 54.0 Å². The summed E-state index contributed by atoms with van der Waals surface area (Å²) < 4.78 is 27.3. The number of halogens is 1. The number of nitrogens with one attached hydrogen (secondary N) is 1. The molecule has 0 aliphatic rings. The molecule has 0 aromatic heterocycles. The predicted molar refractivity (Wildman–Crippen MR) is 86.2 cm³/mol. The summed E-state index contributed by atoms with van der Waals surface area (Å²) in [5, 5.41) is 3.05. The van der Waals surface area contributed by atoms with Gasteiger partial charge in [-0.2, -0.15) is 4.31 Å². The molecule has 1 rings (SSSR count). The lowest BCUT2D eigenvalue weighted by Gasteiger charge is -2.24. The van der Waals surface area contributed by atoms with Crippen LogP contribution in [0.4, 0.5) is 0 Å². The summed E-state index contributed by atoms with van der Waals surface area (Å²) in [6.07, 6.45) is 1.81. The molecule has 0 spiro atoms. The number of nitrogens with zero attached hydrogens (tertiary/aromatic N) is 1. The quantitative estimate of drug-likeness (QED) is 0.810. The maximum absolute atomic E-state index is 12.6. The van der Waals surface area contributed by atoms with Gasteiger partial charge in [0.05, 0.1) is 4.90 Å². The molecular formula is C14H23BrN2O2S. The molecule has 114 valence electrons. The first-order chi connectivity index (χ1) is 9.34. The molecule has 0 fully saturated rings. The molecule has 1 aromatic carbocycles. The largest absolute Gasteiger partial charge is 0.316 e. The second-order valence-corrected chi connectivity index (χ2v) is 7.77. The van der Waals surface area contributed by atoms with Crippen LogP contribution in [0.15, 0.2) is 27.6 Å². The topological polar surface area (TPSA) is 49.4 Å². The minimum Gasteiger partial charge on any atom is -0.316 e. The monoisotopic (exact) mass is 362 g/mol. The Morgan fingerprint density at radius 1 is 1.40 bits per heavy atom. The molecule has 0 amide bonds. The van der Waals surface area contributed by atoms with Crippen LogP contribution in [0.1, 0.15) is 32.3 Å². The Kier molecular flexibility index (Phi) is 6.64.